The number of thiazole rings is 1. The number of aliphatic hydroxyl groups excluding tert-OH is 2. The van der Waals surface area contributed by atoms with Crippen LogP contribution in [0.2, 0.25) is 0 Å². The Balaban J connectivity index is 1.40. The Kier molecular flexibility index (Phi) is 9.23. The molecule has 1 unspecified atom stereocenters. The number of carbonyl (C=O) groups excluding carboxylic acids is 2. The highest BCUT2D eigenvalue weighted by Gasteiger charge is 2.44. The maximum absolute atomic E-state index is 13.8. The number of carbonyl (C=O) groups is 2. The van der Waals surface area contributed by atoms with Gasteiger partial charge in [-0.15, -0.1) is 11.3 Å². The SMILES string of the molecule is Cc1ncsc1-c1ccc(CNC(=O)[C@@H]2C[C@@H](O)CN2C(=O)[C@@H](NC(O)C2CCCCC2)C(C)(C)C)cc1. The minimum absolute atomic E-state index is 0.105. The number of benzene rings is 1. The van der Waals surface area contributed by atoms with Crippen LogP contribution in [0.25, 0.3) is 10.4 Å². The van der Waals surface area contributed by atoms with Crippen molar-refractivity contribution in [2.24, 2.45) is 11.3 Å². The van der Waals surface area contributed by atoms with Crippen molar-refractivity contribution >= 4 is 23.2 Å². The lowest BCUT2D eigenvalue weighted by molar-refractivity contribution is -0.143. The first kappa shape index (κ1) is 28.7. The number of nitrogens with zero attached hydrogens (tertiary/aromatic N) is 2. The summed E-state index contributed by atoms with van der Waals surface area (Å²) in [4.78, 5) is 33.9. The van der Waals surface area contributed by atoms with Gasteiger partial charge >= 0.3 is 0 Å². The lowest BCUT2D eigenvalue weighted by atomic mass is 9.83. The molecule has 2 heterocycles. The minimum Gasteiger partial charge on any atom is -0.391 e. The van der Waals surface area contributed by atoms with E-state index in [1.54, 1.807) is 11.3 Å². The van der Waals surface area contributed by atoms with Gasteiger partial charge < -0.3 is 20.4 Å². The van der Waals surface area contributed by atoms with Crippen LogP contribution in [0, 0.1) is 18.3 Å². The lowest BCUT2D eigenvalue weighted by Gasteiger charge is -2.38. The van der Waals surface area contributed by atoms with Gasteiger partial charge in [0.25, 0.3) is 0 Å². The molecule has 1 aromatic heterocycles. The monoisotopic (exact) mass is 542 g/mol. The first-order valence-electron chi connectivity index (χ1n) is 13.7. The van der Waals surface area contributed by atoms with Crippen LogP contribution in [-0.4, -0.2) is 62.9 Å². The van der Waals surface area contributed by atoms with Crippen molar-refractivity contribution in [3.63, 3.8) is 0 Å². The predicted molar refractivity (Wildman–Crippen MR) is 149 cm³/mol. The van der Waals surface area contributed by atoms with Gasteiger partial charge in [-0.1, -0.05) is 64.3 Å². The van der Waals surface area contributed by atoms with Crippen LogP contribution in [-0.2, 0) is 16.1 Å². The van der Waals surface area contributed by atoms with E-state index in [1.807, 2.05) is 57.5 Å². The molecule has 1 saturated carbocycles. The van der Waals surface area contributed by atoms with Gasteiger partial charge in [-0.25, -0.2) is 4.98 Å². The highest BCUT2D eigenvalue weighted by molar-refractivity contribution is 7.13. The zero-order chi connectivity index (χ0) is 27.4. The molecule has 8 nitrogen and oxygen atoms in total. The van der Waals surface area contributed by atoms with Crippen LogP contribution >= 0.6 is 11.3 Å². The molecule has 4 N–H and O–H groups in total. The molecule has 4 atom stereocenters. The van der Waals surface area contributed by atoms with Crippen molar-refractivity contribution in [3.8, 4) is 10.4 Å². The molecule has 0 spiro atoms. The highest BCUT2D eigenvalue weighted by Crippen LogP contribution is 2.30. The van der Waals surface area contributed by atoms with Gasteiger partial charge in [-0.3, -0.25) is 14.9 Å². The average Bonchev–Trinajstić information content (AvgIpc) is 3.50. The van der Waals surface area contributed by atoms with E-state index in [1.165, 1.54) is 11.3 Å². The van der Waals surface area contributed by atoms with Gasteiger partial charge in [0, 0.05) is 19.5 Å². The van der Waals surface area contributed by atoms with Crippen LogP contribution in [0.4, 0.5) is 0 Å². The number of hydrogen-bond donors (Lipinski definition) is 4. The second kappa shape index (κ2) is 12.2. The summed E-state index contributed by atoms with van der Waals surface area (Å²) in [7, 11) is 0. The van der Waals surface area contributed by atoms with Gasteiger partial charge in [0.2, 0.25) is 11.8 Å². The third-order valence-electron chi connectivity index (χ3n) is 7.84. The summed E-state index contributed by atoms with van der Waals surface area (Å²) in [5.74, 6) is -0.415. The Hall–Kier alpha value is -2.33. The molecule has 2 fully saturated rings. The molecule has 0 radical (unpaired) electrons. The van der Waals surface area contributed by atoms with E-state index in [-0.39, 0.29) is 30.7 Å². The number of amides is 2. The summed E-state index contributed by atoms with van der Waals surface area (Å²) in [6.07, 6.45) is 3.90. The first-order chi connectivity index (χ1) is 18.0. The highest BCUT2D eigenvalue weighted by atomic mass is 32.1. The molecule has 2 aromatic rings. The minimum atomic E-state index is -0.778. The summed E-state index contributed by atoms with van der Waals surface area (Å²) in [5.41, 5.74) is 4.38. The molecule has 1 aliphatic heterocycles. The zero-order valence-corrected chi connectivity index (χ0v) is 23.8. The lowest BCUT2D eigenvalue weighted by Crippen LogP contribution is -2.59. The van der Waals surface area contributed by atoms with Gasteiger partial charge in [-0.05, 0) is 42.2 Å². The number of β-amino-alcohol motifs (C(OH)–C–C–N with tert-alkyl or cyclic N) is 1. The summed E-state index contributed by atoms with van der Waals surface area (Å²) >= 11 is 1.60. The molecule has 0 bridgehead atoms. The van der Waals surface area contributed by atoms with Crippen molar-refractivity contribution < 1.29 is 19.8 Å². The van der Waals surface area contributed by atoms with Crippen LogP contribution < -0.4 is 10.6 Å². The number of nitrogens with one attached hydrogen (secondary N) is 2. The molecule has 208 valence electrons. The van der Waals surface area contributed by atoms with E-state index < -0.39 is 29.8 Å². The maximum atomic E-state index is 13.8. The number of aliphatic hydroxyl groups is 2. The largest absolute Gasteiger partial charge is 0.391 e. The van der Waals surface area contributed by atoms with E-state index in [0.717, 1.165) is 47.4 Å². The topological polar surface area (TPSA) is 115 Å². The van der Waals surface area contributed by atoms with Crippen LogP contribution in [0.1, 0.15) is 70.6 Å². The van der Waals surface area contributed by atoms with Gasteiger partial charge in [0.1, 0.15) is 12.3 Å². The van der Waals surface area contributed by atoms with E-state index >= 15 is 0 Å². The quantitative estimate of drug-likeness (QED) is 0.379. The van der Waals surface area contributed by atoms with Crippen molar-refractivity contribution in [2.45, 2.75) is 97.2 Å². The molecule has 38 heavy (non-hydrogen) atoms. The second-order valence-corrected chi connectivity index (χ2v) is 12.7. The summed E-state index contributed by atoms with van der Waals surface area (Å²) < 4.78 is 0. The van der Waals surface area contributed by atoms with Gasteiger partial charge in [-0.2, -0.15) is 0 Å². The Morgan fingerprint density at radius 2 is 1.84 bits per heavy atom. The molecular weight excluding hydrogens is 500 g/mol. The fourth-order valence-electron chi connectivity index (χ4n) is 5.58. The molecule has 1 aromatic carbocycles. The number of hydrogen-bond acceptors (Lipinski definition) is 7. The number of aryl methyl sites for hydroxylation is 1. The summed E-state index contributed by atoms with van der Waals surface area (Å²) in [6, 6.07) is 6.57. The van der Waals surface area contributed by atoms with Crippen LogP contribution in [0.15, 0.2) is 29.8 Å². The fourth-order valence-corrected chi connectivity index (χ4v) is 6.39. The van der Waals surface area contributed by atoms with Crippen LogP contribution in [0.5, 0.6) is 0 Å². The van der Waals surface area contributed by atoms with E-state index in [9.17, 15) is 19.8 Å². The number of likely N-dealkylation sites (tertiary alicyclic amines) is 1. The molecule has 2 amide bonds. The summed E-state index contributed by atoms with van der Waals surface area (Å²) in [5, 5.41) is 27.5. The van der Waals surface area contributed by atoms with Crippen molar-refractivity contribution in [1.29, 1.82) is 0 Å². The Bertz CT molecular complexity index is 1090. The third-order valence-corrected chi connectivity index (χ3v) is 8.82. The maximum Gasteiger partial charge on any atom is 0.243 e. The summed E-state index contributed by atoms with van der Waals surface area (Å²) in [6.45, 7) is 8.28. The smallest absolute Gasteiger partial charge is 0.243 e. The zero-order valence-electron chi connectivity index (χ0n) is 22.9. The molecule has 1 aliphatic carbocycles. The van der Waals surface area contributed by atoms with E-state index in [0.29, 0.717) is 6.54 Å². The normalized spacial score (nSPS) is 22.3. The molecular formula is C29H42N4O4S. The predicted octanol–water partition coefficient (Wildman–Crippen LogP) is 3.60. The molecule has 1 saturated heterocycles. The Morgan fingerprint density at radius 3 is 2.45 bits per heavy atom. The first-order valence-corrected chi connectivity index (χ1v) is 14.6. The molecule has 2 aliphatic rings. The number of rotatable bonds is 8. The van der Waals surface area contributed by atoms with E-state index in [4.69, 9.17) is 0 Å². The third kappa shape index (κ3) is 6.81. The average molecular weight is 543 g/mol. The second-order valence-electron chi connectivity index (χ2n) is 11.9. The Labute approximate surface area is 229 Å². The van der Waals surface area contributed by atoms with E-state index in [2.05, 4.69) is 15.6 Å². The molecule has 9 heteroatoms. The number of aromatic nitrogens is 1. The molecule has 4 rings (SSSR count). The van der Waals surface area contributed by atoms with Crippen LogP contribution in [0.3, 0.4) is 0 Å². The Morgan fingerprint density at radius 1 is 1.16 bits per heavy atom. The van der Waals surface area contributed by atoms with Crippen molar-refractivity contribution in [1.82, 2.24) is 20.5 Å². The van der Waals surface area contributed by atoms with Crippen molar-refractivity contribution in [2.75, 3.05) is 6.54 Å². The van der Waals surface area contributed by atoms with Crippen molar-refractivity contribution in [3.05, 3.63) is 41.0 Å². The standard InChI is InChI=1S/C29H42N4O4S/c1-18-24(38-17-31-18)20-12-10-19(11-13-20)15-30-27(36)23-14-22(34)16-33(23)28(37)25(29(2,3)4)32-26(35)21-8-6-5-7-9-21/h10-13,17,21-23,25-26,32,34-35H,5-9,14-16H2,1-4H3,(H,30,36)/t22-,23+,25-,26?/m1/s1. The van der Waals surface area contributed by atoms with Gasteiger partial charge in [0.05, 0.1) is 28.2 Å². The van der Waals surface area contributed by atoms with Gasteiger partial charge in [0.15, 0.2) is 0 Å². The fraction of sp³-hybridized carbons (Fsp3) is 0.621.